The third-order valence-electron chi connectivity index (χ3n) is 2.93. The van der Waals surface area contributed by atoms with E-state index >= 15 is 0 Å². The van der Waals surface area contributed by atoms with Crippen LogP contribution in [0.15, 0.2) is 24.5 Å². The first-order chi connectivity index (χ1) is 8.66. The number of nitrogens with zero attached hydrogens (tertiary/aromatic N) is 3. The number of hydrogen-bond acceptors (Lipinski definition) is 3. The monoisotopic (exact) mass is 248 g/mol. The summed E-state index contributed by atoms with van der Waals surface area (Å²) in [6, 6.07) is 3.41. The summed E-state index contributed by atoms with van der Waals surface area (Å²) in [6.45, 7) is 3.86. The summed E-state index contributed by atoms with van der Waals surface area (Å²) >= 11 is 0. The summed E-state index contributed by atoms with van der Waals surface area (Å²) in [6.07, 6.45) is 3.25. The third kappa shape index (κ3) is 2.97. The Balaban J connectivity index is 1.86. The van der Waals surface area contributed by atoms with Crippen molar-refractivity contribution in [2.75, 3.05) is 31.5 Å². The zero-order valence-corrected chi connectivity index (χ0v) is 10.3. The molecule has 2 rings (SSSR count). The van der Waals surface area contributed by atoms with Gasteiger partial charge in [-0.3, -0.25) is 9.78 Å². The second-order valence-corrected chi connectivity index (χ2v) is 4.16. The first-order valence-corrected chi connectivity index (χ1v) is 5.88. The second-order valence-electron chi connectivity index (χ2n) is 4.16. The van der Waals surface area contributed by atoms with Crippen molar-refractivity contribution in [1.82, 2.24) is 14.8 Å². The maximum atomic E-state index is 11.9. The van der Waals surface area contributed by atoms with Crippen LogP contribution in [0, 0.1) is 0 Å². The van der Waals surface area contributed by atoms with E-state index in [4.69, 9.17) is 0 Å². The molecule has 6 heteroatoms. The van der Waals surface area contributed by atoms with Gasteiger partial charge < -0.3 is 15.1 Å². The van der Waals surface area contributed by atoms with Gasteiger partial charge in [-0.15, -0.1) is 0 Å². The van der Waals surface area contributed by atoms with Crippen LogP contribution in [0.5, 0.6) is 0 Å². The van der Waals surface area contributed by atoms with Gasteiger partial charge in [0.1, 0.15) is 0 Å². The molecule has 1 N–H and O–H groups in total. The van der Waals surface area contributed by atoms with Gasteiger partial charge in [-0.2, -0.15) is 0 Å². The minimum absolute atomic E-state index is 0.0577. The minimum Gasteiger partial charge on any atom is -0.339 e. The van der Waals surface area contributed by atoms with Gasteiger partial charge in [0, 0.05) is 39.3 Å². The number of urea groups is 1. The fourth-order valence-electron chi connectivity index (χ4n) is 1.86. The van der Waals surface area contributed by atoms with Gasteiger partial charge in [-0.25, -0.2) is 4.79 Å². The van der Waals surface area contributed by atoms with Gasteiger partial charge >= 0.3 is 6.03 Å². The maximum Gasteiger partial charge on any atom is 0.322 e. The van der Waals surface area contributed by atoms with E-state index in [0.717, 1.165) is 0 Å². The molecule has 0 unspecified atom stereocenters. The molecular weight excluding hydrogens is 232 g/mol. The van der Waals surface area contributed by atoms with E-state index < -0.39 is 0 Å². The summed E-state index contributed by atoms with van der Waals surface area (Å²) in [5, 5.41) is 2.78. The van der Waals surface area contributed by atoms with Crippen LogP contribution in [0.4, 0.5) is 10.5 Å². The van der Waals surface area contributed by atoms with Gasteiger partial charge in [-0.05, 0) is 12.1 Å². The van der Waals surface area contributed by atoms with E-state index in [1.54, 1.807) is 41.2 Å². The Morgan fingerprint density at radius 3 is 2.44 bits per heavy atom. The number of hydrogen-bond donors (Lipinski definition) is 1. The number of anilines is 1. The van der Waals surface area contributed by atoms with E-state index in [0.29, 0.717) is 31.9 Å². The molecule has 1 aromatic heterocycles. The van der Waals surface area contributed by atoms with Gasteiger partial charge in [0.2, 0.25) is 5.91 Å². The van der Waals surface area contributed by atoms with E-state index in [1.807, 2.05) is 0 Å². The molecule has 0 bridgehead atoms. The molecule has 1 aromatic rings. The molecule has 0 aromatic carbocycles. The Hall–Kier alpha value is -2.11. The van der Waals surface area contributed by atoms with E-state index in [-0.39, 0.29) is 11.9 Å². The van der Waals surface area contributed by atoms with Crippen LogP contribution in [0.3, 0.4) is 0 Å². The van der Waals surface area contributed by atoms with Crippen molar-refractivity contribution in [3.8, 4) is 0 Å². The number of carbonyl (C=O) groups is 2. The number of amides is 3. The average Bonchev–Trinajstić information content (AvgIpc) is 2.40. The molecule has 1 saturated heterocycles. The third-order valence-corrected chi connectivity index (χ3v) is 2.93. The SMILES string of the molecule is CC(=O)N1CCN(C(=O)Nc2cccnc2)CC1. The van der Waals surface area contributed by atoms with Gasteiger partial charge in [0.15, 0.2) is 0 Å². The molecule has 0 saturated carbocycles. The molecule has 1 fully saturated rings. The van der Waals surface area contributed by atoms with Crippen molar-refractivity contribution in [2.45, 2.75) is 6.92 Å². The topological polar surface area (TPSA) is 65.5 Å². The largest absolute Gasteiger partial charge is 0.339 e. The number of pyridine rings is 1. The Morgan fingerprint density at radius 1 is 1.22 bits per heavy atom. The zero-order valence-electron chi connectivity index (χ0n) is 10.3. The van der Waals surface area contributed by atoms with E-state index in [9.17, 15) is 9.59 Å². The first-order valence-electron chi connectivity index (χ1n) is 5.88. The lowest BCUT2D eigenvalue weighted by atomic mass is 10.3. The van der Waals surface area contributed by atoms with Crippen LogP contribution >= 0.6 is 0 Å². The summed E-state index contributed by atoms with van der Waals surface area (Å²) in [5.41, 5.74) is 0.677. The first kappa shape index (κ1) is 12.3. The Morgan fingerprint density at radius 2 is 1.89 bits per heavy atom. The van der Waals surface area contributed by atoms with E-state index in [1.165, 1.54) is 0 Å². The second kappa shape index (κ2) is 5.48. The molecule has 0 radical (unpaired) electrons. The highest BCUT2D eigenvalue weighted by Crippen LogP contribution is 2.07. The Bertz CT molecular complexity index is 427. The van der Waals surface area contributed by atoms with Crippen molar-refractivity contribution in [3.63, 3.8) is 0 Å². The predicted octanol–water partition coefficient (Wildman–Crippen LogP) is 0.778. The van der Waals surface area contributed by atoms with Crippen molar-refractivity contribution in [2.24, 2.45) is 0 Å². The van der Waals surface area contributed by atoms with Crippen LogP contribution in [-0.4, -0.2) is 52.9 Å². The van der Waals surface area contributed by atoms with Crippen LogP contribution in [0.25, 0.3) is 0 Å². The average molecular weight is 248 g/mol. The fraction of sp³-hybridized carbons (Fsp3) is 0.417. The molecule has 1 aliphatic heterocycles. The molecular formula is C12H16N4O2. The molecule has 96 valence electrons. The van der Waals surface area contributed by atoms with Gasteiger partial charge in [-0.1, -0.05) is 0 Å². The Kier molecular flexibility index (Phi) is 3.76. The molecule has 0 aliphatic carbocycles. The number of nitrogens with one attached hydrogen (secondary N) is 1. The maximum absolute atomic E-state index is 11.9. The highest BCUT2D eigenvalue weighted by Gasteiger charge is 2.22. The highest BCUT2D eigenvalue weighted by atomic mass is 16.2. The summed E-state index contributed by atoms with van der Waals surface area (Å²) in [5.74, 6) is 0.0577. The molecule has 0 spiro atoms. The standard InChI is InChI=1S/C12H16N4O2/c1-10(17)15-5-7-16(8-6-15)12(18)14-11-3-2-4-13-9-11/h2-4,9H,5-8H2,1H3,(H,14,18). The number of piperazine rings is 1. The lowest BCUT2D eigenvalue weighted by molar-refractivity contribution is -0.130. The number of rotatable bonds is 1. The predicted molar refractivity (Wildman–Crippen MR) is 67.1 cm³/mol. The summed E-state index contributed by atoms with van der Waals surface area (Å²) in [4.78, 5) is 30.5. The zero-order chi connectivity index (χ0) is 13.0. The van der Waals surface area contributed by atoms with Crippen molar-refractivity contribution in [3.05, 3.63) is 24.5 Å². The summed E-state index contributed by atoms with van der Waals surface area (Å²) < 4.78 is 0. The highest BCUT2D eigenvalue weighted by molar-refractivity contribution is 5.89. The fourth-order valence-corrected chi connectivity index (χ4v) is 1.86. The molecule has 3 amide bonds. The normalized spacial score (nSPS) is 15.4. The molecule has 0 atom stereocenters. The van der Waals surface area contributed by atoms with Crippen molar-refractivity contribution in [1.29, 1.82) is 0 Å². The van der Waals surface area contributed by atoms with Gasteiger partial charge in [0.25, 0.3) is 0 Å². The van der Waals surface area contributed by atoms with Crippen molar-refractivity contribution >= 4 is 17.6 Å². The van der Waals surface area contributed by atoms with Crippen LogP contribution < -0.4 is 5.32 Å². The number of aromatic nitrogens is 1. The van der Waals surface area contributed by atoms with Crippen molar-refractivity contribution < 1.29 is 9.59 Å². The lowest BCUT2D eigenvalue weighted by Crippen LogP contribution is -2.51. The minimum atomic E-state index is -0.147. The van der Waals surface area contributed by atoms with Crippen LogP contribution in [0.1, 0.15) is 6.92 Å². The molecule has 18 heavy (non-hydrogen) atoms. The van der Waals surface area contributed by atoms with Crippen LogP contribution in [0.2, 0.25) is 0 Å². The lowest BCUT2D eigenvalue weighted by Gasteiger charge is -2.34. The smallest absolute Gasteiger partial charge is 0.322 e. The van der Waals surface area contributed by atoms with Crippen LogP contribution in [-0.2, 0) is 4.79 Å². The molecule has 2 heterocycles. The van der Waals surface area contributed by atoms with Gasteiger partial charge in [0.05, 0.1) is 11.9 Å². The summed E-state index contributed by atoms with van der Waals surface area (Å²) in [7, 11) is 0. The van der Waals surface area contributed by atoms with E-state index in [2.05, 4.69) is 10.3 Å². The molecule has 1 aliphatic rings. The number of carbonyl (C=O) groups excluding carboxylic acids is 2. The molecule has 6 nitrogen and oxygen atoms in total. The Labute approximate surface area is 106 Å². The quantitative estimate of drug-likeness (QED) is 0.798.